The second kappa shape index (κ2) is 4.97. The van der Waals surface area contributed by atoms with Crippen LogP contribution in [0.3, 0.4) is 0 Å². The van der Waals surface area contributed by atoms with Crippen LogP contribution in [0.25, 0.3) is 6.08 Å². The second-order valence-electron chi connectivity index (χ2n) is 3.44. The molecule has 0 atom stereocenters. The first kappa shape index (κ1) is 11.0. The Balaban J connectivity index is 2.69. The maximum atomic E-state index is 11.3. The minimum absolute atomic E-state index is 0.0542. The van der Waals surface area contributed by atoms with Gasteiger partial charge in [-0.3, -0.25) is 4.79 Å². The highest BCUT2D eigenvalue weighted by molar-refractivity contribution is 6.30. The summed E-state index contributed by atoms with van der Waals surface area (Å²) in [6.07, 6.45) is 3.41. The van der Waals surface area contributed by atoms with E-state index in [2.05, 4.69) is 0 Å². The van der Waals surface area contributed by atoms with Gasteiger partial charge in [0.05, 0.1) is 0 Å². The number of benzene rings is 1. The standard InChI is InChI=1S/C12H13ClO/c1-9(2)12(14)8-5-10-3-6-11(13)7-4-10/h3-9H,1-2H3/b8-5-. The molecular formula is C12H13ClO. The minimum atomic E-state index is 0.0542. The van der Waals surface area contributed by atoms with Crippen LogP contribution in [0.4, 0.5) is 0 Å². The van der Waals surface area contributed by atoms with E-state index in [4.69, 9.17) is 11.6 Å². The highest BCUT2D eigenvalue weighted by atomic mass is 35.5. The van der Waals surface area contributed by atoms with E-state index < -0.39 is 0 Å². The number of carbonyl (C=O) groups is 1. The molecule has 0 saturated heterocycles. The highest BCUT2D eigenvalue weighted by Gasteiger charge is 2.00. The van der Waals surface area contributed by atoms with Crippen LogP contribution in [0.1, 0.15) is 19.4 Å². The van der Waals surface area contributed by atoms with E-state index in [1.165, 1.54) is 0 Å². The van der Waals surface area contributed by atoms with E-state index in [-0.39, 0.29) is 11.7 Å². The largest absolute Gasteiger partial charge is 0.295 e. The Morgan fingerprint density at radius 3 is 2.36 bits per heavy atom. The van der Waals surface area contributed by atoms with Crippen LogP contribution in [0, 0.1) is 5.92 Å². The topological polar surface area (TPSA) is 17.1 Å². The maximum absolute atomic E-state index is 11.3. The first-order valence-corrected chi connectivity index (χ1v) is 4.95. The zero-order valence-electron chi connectivity index (χ0n) is 8.33. The van der Waals surface area contributed by atoms with E-state index in [0.29, 0.717) is 5.02 Å². The van der Waals surface area contributed by atoms with Gasteiger partial charge >= 0.3 is 0 Å². The fourth-order valence-corrected chi connectivity index (χ4v) is 1.07. The lowest BCUT2D eigenvalue weighted by molar-refractivity contribution is -0.117. The van der Waals surface area contributed by atoms with Gasteiger partial charge < -0.3 is 0 Å². The van der Waals surface area contributed by atoms with Crippen molar-refractivity contribution in [1.82, 2.24) is 0 Å². The van der Waals surface area contributed by atoms with Gasteiger partial charge in [-0.25, -0.2) is 0 Å². The predicted octanol–water partition coefficient (Wildman–Crippen LogP) is 3.58. The number of carbonyl (C=O) groups excluding carboxylic acids is 1. The molecule has 0 N–H and O–H groups in total. The van der Waals surface area contributed by atoms with Crippen LogP contribution >= 0.6 is 11.6 Å². The molecule has 0 fully saturated rings. The molecule has 0 spiro atoms. The molecule has 1 aromatic rings. The first-order valence-electron chi connectivity index (χ1n) is 4.57. The van der Waals surface area contributed by atoms with E-state index >= 15 is 0 Å². The zero-order valence-corrected chi connectivity index (χ0v) is 9.08. The predicted molar refractivity (Wildman–Crippen MR) is 60.3 cm³/mol. The van der Waals surface area contributed by atoms with Gasteiger partial charge in [-0.15, -0.1) is 0 Å². The van der Waals surface area contributed by atoms with Crippen LogP contribution in [0.15, 0.2) is 30.3 Å². The van der Waals surface area contributed by atoms with Crippen molar-refractivity contribution >= 4 is 23.5 Å². The molecule has 1 nitrogen and oxygen atoms in total. The molecule has 0 unspecified atom stereocenters. The third-order valence-electron chi connectivity index (χ3n) is 1.88. The average molecular weight is 209 g/mol. The third kappa shape index (κ3) is 3.35. The van der Waals surface area contributed by atoms with Gasteiger partial charge in [0.1, 0.15) is 0 Å². The molecule has 1 rings (SSSR count). The van der Waals surface area contributed by atoms with Gasteiger partial charge in [0, 0.05) is 10.9 Å². The number of hydrogen-bond acceptors (Lipinski definition) is 1. The lowest BCUT2D eigenvalue weighted by Crippen LogP contribution is -2.01. The molecular weight excluding hydrogens is 196 g/mol. The molecule has 0 aliphatic rings. The van der Waals surface area contributed by atoms with Crippen LogP contribution < -0.4 is 0 Å². The monoisotopic (exact) mass is 208 g/mol. The van der Waals surface area contributed by atoms with Crippen LogP contribution in [-0.4, -0.2) is 5.78 Å². The third-order valence-corrected chi connectivity index (χ3v) is 2.13. The molecule has 0 saturated carbocycles. The normalized spacial score (nSPS) is 11.1. The lowest BCUT2D eigenvalue weighted by atomic mass is 10.1. The molecule has 0 amide bonds. The number of ketones is 1. The summed E-state index contributed by atoms with van der Waals surface area (Å²) >= 11 is 5.73. The van der Waals surface area contributed by atoms with Crippen LogP contribution in [0.5, 0.6) is 0 Å². The highest BCUT2D eigenvalue weighted by Crippen LogP contribution is 2.11. The fraction of sp³-hybridized carbons (Fsp3) is 0.250. The Bertz CT molecular complexity index is 336. The maximum Gasteiger partial charge on any atom is 0.158 e. The summed E-state index contributed by atoms with van der Waals surface area (Å²) < 4.78 is 0. The van der Waals surface area contributed by atoms with Gasteiger partial charge in [0.15, 0.2) is 5.78 Å². The van der Waals surface area contributed by atoms with Crippen molar-refractivity contribution in [2.45, 2.75) is 13.8 Å². The zero-order chi connectivity index (χ0) is 10.6. The van der Waals surface area contributed by atoms with Crippen LogP contribution in [0.2, 0.25) is 5.02 Å². The van der Waals surface area contributed by atoms with Crippen molar-refractivity contribution in [2.75, 3.05) is 0 Å². The van der Waals surface area contributed by atoms with Crippen molar-refractivity contribution in [1.29, 1.82) is 0 Å². The van der Waals surface area contributed by atoms with E-state index in [0.717, 1.165) is 5.56 Å². The number of allylic oxidation sites excluding steroid dienone is 1. The van der Waals surface area contributed by atoms with Crippen molar-refractivity contribution in [3.63, 3.8) is 0 Å². The smallest absolute Gasteiger partial charge is 0.158 e. The van der Waals surface area contributed by atoms with E-state index in [9.17, 15) is 4.79 Å². The first-order chi connectivity index (χ1) is 6.59. The van der Waals surface area contributed by atoms with Gasteiger partial charge in [0.25, 0.3) is 0 Å². The van der Waals surface area contributed by atoms with Gasteiger partial charge in [-0.2, -0.15) is 0 Å². The summed E-state index contributed by atoms with van der Waals surface area (Å²) in [4.78, 5) is 11.3. The molecule has 0 radical (unpaired) electrons. The lowest BCUT2D eigenvalue weighted by Gasteiger charge is -1.97. The van der Waals surface area contributed by atoms with E-state index in [1.807, 2.05) is 26.0 Å². The molecule has 0 bridgehead atoms. The van der Waals surface area contributed by atoms with Gasteiger partial charge in [-0.05, 0) is 23.8 Å². The summed E-state index contributed by atoms with van der Waals surface area (Å²) in [6, 6.07) is 7.38. The molecule has 2 heteroatoms. The Kier molecular flexibility index (Phi) is 3.90. The van der Waals surface area contributed by atoms with Crippen LogP contribution in [-0.2, 0) is 4.79 Å². The van der Waals surface area contributed by atoms with Gasteiger partial charge in [-0.1, -0.05) is 43.7 Å². The summed E-state index contributed by atoms with van der Waals surface area (Å²) in [5, 5.41) is 0.706. The summed E-state index contributed by atoms with van der Waals surface area (Å²) in [7, 11) is 0. The SMILES string of the molecule is CC(C)C(=O)/C=C\c1ccc(Cl)cc1. The molecule has 0 aliphatic carbocycles. The summed E-state index contributed by atoms with van der Waals surface area (Å²) in [5.74, 6) is 0.193. The van der Waals surface area contributed by atoms with Crippen molar-refractivity contribution < 1.29 is 4.79 Å². The molecule has 0 aromatic heterocycles. The Morgan fingerprint density at radius 1 is 1.29 bits per heavy atom. The fourth-order valence-electron chi connectivity index (χ4n) is 0.945. The summed E-state index contributed by atoms with van der Waals surface area (Å²) in [6.45, 7) is 3.77. The van der Waals surface area contributed by atoms with E-state index in [1.54, 1.807) is 24.3 Å². The Labute approximate surface area is 89.4 Å². The quantitative estimate of drug-likeness (QED) is 0.694. The number of rotatable bonds is 3. The average Bonchev–Trinajstić information content (AvgIpc) is 2.16. The van der Waals surface area contributed by atoms with Crippen molar-refractivity contribution in [3.8, 4) is 0 Å². The minimum Gasteiger partial charge on any atom is -0.295 e. The molecule has 74 valence electrons. The molecule has 0 heterocycles. The number of halogens is 1. The summed E-state index contributed by atoms with van der Waals surface area (Å²) in [5.41, 5.74) is 0.989. The second-order valence-corrected chi connectivity index (χ2v) is 3.88. The number of hydrogen-bond donors (Lipinski definition) is 0. The van der Waals surface area contributed by atoms with Gasteiger partial charge in [0.2, 0.25) is 0 Å². The molecule has 0 aliphatic heterocycles. The van der Waals surface area contributed by atoms with Crippen molar-refractivity contribution in [3.05, 3.63) is 40.9 Å². The Morgan fingerprint density at radius 2 is 1.86 bits per heavy atom. The molecule has 1 aromatic carbocycles. The van der Waals surface area contributed by atoms with Crippen molar-refractivity contribution in [2.24, 2.45) is 5.92 Å². The Hall–Kier alpha value is -1.08. The molecule has 14 heavy (non-hydrogen) atoms.